The number of aldehydes is 1. The number of fused-ring (bicyclic) bond motifs is 1. The second-order valence-corrected chi connectivity index (χ2v) is 7.34. The lowest BCUT2D eigenvalue weighted by Gasteiger charge is -2.18. The first-order valence-corrected chi connectivity index (χ1v) is 9.26. The molecule has 0 atom stereocenters. The van der Waals surface area contributed by atoms with Crippen LogP contribution in [-0.2, 0) is 11.2 Å². The van der Waals surface area contributed by atoms with Crippen LogP contribution in [0.3, 0.4) is 0 Å². The van der Waals surface area contributed by atoms with Crippen LogP contribution in [0.5, 0.6) is 11.5 Å². The van der Waals surface area contributed by atoms with Crippen molar-refractivity contribution in [1.29, 1.82) is 0 Å². The maximum Gasteiger partial charge on any atom is 0.131 e. The van der Waals surface area contributed by atoms with Crippen molar-refractivity contribution in [2.24, 2.45) is 11.8 Å². The zero-order valence-electron chi connectivity index (χ0n) is 15.9. The van der Waals surface area contributed by atoms with Crippen LogP contribution < -0.4 is 9.47 Å². The Labute approximate surface area is 151 Å². The molecule has 0 heterocycles. The van der Waals surface area contributed by atoms with E-state index in [-0.39, 0.29) is 0 Å². The Morgan fingerprint density at radius 2 is 1.52 bits per heavy atom. The highest BCUT2D eigenvalue weighted by atomic mass is 16.5. The number of rotatable bonds is 10. The van der Waals surface area contributed by atoms with Gasteiger partial charge in [-0.1, -0.05) is 52.0 Å². The number of carbonyl (C=O) groups is 1. The van der Waals surface area contributed by atoms with Crippen LogP contribution >= 0.6 is 0 Å². The molecule has 0 amide bonds. The Balaban J connectivity index is 2.37. The Morgan fingerprint density at radius 3 is 2.12 bits per heavy atom. The maximum atomic E-state index is 11.2. The highest BCUT2D eigenvalue weighted by molar-refractivity contribution is 5.95. The van der Waals surface area contributed by atoms with E-state index in [0.717, 1.165) is 47.0 Å². The number of hydrogen-bond acceptors (Lipinski definition) is 3. The maximum absolute atomic E-state index is 11.2. The number of ether oxygens (including phenoxy) is 2. The standard InChI is InChI=1S/C22H30O3/c1-16(2)10-13-24-21-15-18(9-12-23)22(25-14-11-17(3)4)20-8-6-5-7-19(20)21/h5-8,12,15-17H,9-11,13-14H2,1-4H3. The molecule has 2 aromatic carbocycles. The first kappa shape index (κ1) is 19.3. The summed E-state index contributed by atoms with van der Waals surface area (Å²) in [6.45, 7) is 10.1. The molecule has 0 unspecified atom stereocenters. The molecule has 0 aliphatic carbocycles. The van der Waals surface area contributed by atoms with Crippen molar-refractivity contribution in [2.45, 2.75) is 47.0 Å². The number of carbonyl (C=O) groups excluding carboxylic acids is 1. The van der Waals surface area contributed by atoms with Crippen molar-refractivity contribution in [1.82, 2.24) is 0 Å². The fourth-order valence-electron chi connectivity index (χ4n) is 2.70. The molecule has 2 aromatic rings. The van der Waals surface area contributed by atoms with E-state index in [1.165, 1.54) is 0 Å². The van der Waals surface area contributed by atoms with Crippen LogP contribution in [0.2, 0.25) is 0 Å². The van der Waals surface area contributed by atoms with E-state index >= 15 is 0 Å². The summed E-state index contributed by atoms with van der Waals surface area (Å²) in [7, 11) is 0. The third-order valence-corrected chi connectivity index (χ3v) is 4.23. The van der Waals surface area contributed by atoms with Crippen LogP contribution in [0, 0.1) is 11.8 Å². The molecule has 2 rings (SSSR count). The SMILES string of the molecule is CC(C)CCOc1cc(CC=O)c(OCCC(C)C)c2ccccc12. The van der Waals surface area contributed by atoms with Gasteiger partial charge in [0.1, 0.15) is 17.8 Å². The monoisotopic (exact) mass is 342 g/mol. The average Bonchev–Trinajstić information content (AvgIpc) is 2.57. The highest BCUT2D eigenvalue weighted by Crippen LogP contribution is 2.37. The van der Waals surface area contributed by atoms with Gasteiger partial charge in [0, 0.05) is 22.8 Å². The molecule has 0 aliphatic heterocycles. The lowest BCUT2D eigenvalue weighted by Crippen LogP contribution is -2.06. The van der Waals surface area contributed by atoms with Gasteiger partial charge in [0.2, 0.25) is 0 Å². The Bertz CT molecular complexity index is 689. The summed E-state index contributed by atoms with van der Waals surface area (Å²) >= 11 is 0. The molecule has 3 nitrogen and oxygen atoms in total. The fourth-order valence-corrected chi connectivity index (χ4v) is 2.70. The normalized spacial score (nSPS) is 11.3. The van der Waals surface area contributed by atoms with Gasteiger partial charge in [-0.2, -0.15) is 0 Å². The minimum atomic E-state index is 0.336. The largest absolute Gasteiger partial charge is 0.493 e. The van der Waals surface area contributed by atoms with Crippen molar-refractivity contribution in [3.63, 3.8) is 0 Å². The third-order valence-electron chi connectivity index (χ3n) is 4.23. The molecule has 3 heteroatoms. The van der Waals surface area contributed by atoms with Gasteiger partial charge >= 0.3 is 0 Å². The van der Waals surface area contributed by atoms with Gasteiger partial charge in [-0.05, 0) is 30.7 Å². The summed E-state index contributed by atoms with van der Waals surface area (Å²) in [4.78, 5) is 11.2. The molecule has 0 spiro atoms. The van der Waals surface area contributed by atoms with E-state index in [4.69, 9.17) is 9.47 Å². The molecule has 0 N–H and O–H groups in total. The van der Waals surface area contributed by atoms with Gasteiger partial charge in [0.25, 0.3) is 0 Å². The van der Waals surface area contributed by atoms with Crippen molar-refractivity contribution in [3.05, 3.63) is 35.9 Å². The fraction of sp³-hybridized carbons (Fsp3) is 0.500. The van der Waals surface area contributed by atoms with Gasteiger partial charge in [-0.25, -0.2) is 0 Å². The molecule has 0 bridgehead atoms. The molecule has 136 valence electrons. The summed E-state index contributed by atoms with van der Waals surface area (Å²) < 4.78 is 12.1. The number of hydrogen-bond donors (Lipinski definition) is 0. The number of benzene rings is 2. The first-order chi connectivity index (χ1) is 12.0. The van der Waals surface area contributed by atoms with Crippen molar-refractivity contribution in [3.8, 4) is 11.5 Å². The predicted octanol–water partition coefficient (Wildman–Crippen LogP) is 5.43. The first-order valence-electron chi connectivity index (χ1n) is 9.26. The van der Waals surface area contributed by atoms with E-state index in [1.807, 2.05) is 24.3 Å². The van der Waals surface area contributed by atoms with E-state index in [2.05, 4.69) is 33.8 Å². The minimum Gasteiger partial charge on any atom is -0.493 e. The summed E-state index contributed by atoms with van der Waals surface area (Å²) in [5, 5.41) is 2.06. The van der Waals surface area contributed by atoms with Crippen molar-refractivity contribution < 1.29 is 14.3 Å². The van der Waals surface area contributed by atoms with Gasteiger partial charge in [0.15, 0.2) is 0 Å². The van der Waals surface area contributed by atoms with Crippen LogP contribution in [-0.4, -0.2) is 19.5 Å². The van der Waals surface area contributed by atoms with Crippen molar-refractivity contribution >= 4 is 17.1 Å². The van der Waals surface area contributed by atoms with E-state index < -0.39 is 0 Å². The summed E-state index contributed by atoms with van der Waals surface area (Å²) in [6.07, 6.45) is 3.26. The molecule has 0 saturated carbocycles. The highest BCUT2D eigenvalue weighted by Gasteiger charge is 2.14. The molecule has 0 fully saturated rings. The van der Waals surface area contributed by atoms with E-state index in [1.54, 1.807) is 0 Å². The minimum absolute atomic E-state index is 0.336. The molecule has 0 aliphatic rings. The summed E-state index contributed by atoms with van der Waals surface area (Å²) in [6, 6.07) is 10.1. The van der Waals surface area contributed by atoms with E-state index in [9.17, 15) is 4.79 Å². The molecule has 25 heavy (non-hydrogen) atoms. The topological polar surface area (TPSA) is 35.5 Å². The van der Waals surface area contributed by atoms with Crippen LogP contribution in [0.1, 0.15) is 46.1 Å². The average molecular weight is 342 g/mol. The quantitative estimate of drug-likeness (QED) is 0.540. The second kappa shape index (κ2) is 9.45. The smallest absolute Gasteiger partial charge is 0.131 e. The summed E-state index contributed by atoms with van der Waals surface area (Å²) in [5.41, 5.74) is 0.900. The van der Waals surface area contributed by atoms with E-state index in [0.29, 0.717) is 31.5 Å². The zero-order valence-corrected chi connectivity index (χ0v) is 15.9. The lowest BCUT2D eigenvalue weighted by atomic mass is 10.0. The van der Waals surface area contributed by atoms with Gasteiger partial charge in [0.05, 0.1) is 13.2 Å². The Hall–Kier alpha value is -2.03. The molecular weight excluding hydrogens is 312 g/mol. The Morgan fingerprint density at radius 1 is 0.920 bits per heavy atom. The van der Waals surface area contributed by atoms with Crippen molar-refractivity contribution in [2.75, 3.05) is 13.2 Å². The predicted molar refractivity (Wildman–Crippen MR) is 104 cm³/mol. The van der Waals surface area contributed by atoms with Crippen LogP contribution in [0.15, 0.2) is 30.3 Å². The second-order valence-electron chi connectivity index (χ2n) is 7.34. The third kappa shape index (κ3) is 5.48. The van der Waals surface area contributed by atoms with Gasteiger partial charge in [-0.3, -0.25) is 0 Å². The van der Waals surface area contributed by atoms with Gasteiger partial charge in [-0.15, -0.1) is 0 Å². The lowest BCUT2D eigenvalue weighted by molar-refractivity contribution is -0.107. The molecule has 0 radical (unpaired) electrons. The molecular formula is C22H30O3. The molecule has 0 saturated heterocycles. The van der Waals surface area contributed by atoms with Crippen LogP contribution in [0.4, 0.5) is 0 Å². The Kier molecular flexibility index (Phi) is 7.30. The van der Waals surface area contributed by atoms with Gasteiger partial charge < -0.3 is 14.3 Å². The summed E-state index contributed by atoms with van der Waals surface area (Å²) in [5.74, 6) is 2.84. The van der Waals surface area contributed by atoms with Crippen LogP contribution in [0.25, 0.3) is 10.8 Å². The zero-order chi connectivity index (χ0) is 18.2. The molecule has 0 aromatic heterocycles.